The van der Waals surface area contributed by atoms with Crippen molar-refractivity contribution in [3.63, 3.8) is 0 Å². The maximum absolute atomic E-state index is 13.0. The van der Waals surface area contributed by atoms with E-state index < -0.39 is 11.7 Å². The summed E-state index contributed by atoms with van der Waals surface area (Å²) in [6, 6.07) is 12.3. The van der Waals surface area contributed by atoms with E-state index in [9.17, 15) is 13.2 Å². The van der Waals surface area contributed by atoms with Gasteiger partial charge in [0.2, 0.25) is 5.95 Å². The van der Waals surface area contributed by atoms with Crippen molar-refractivity contribution in [2.24, 2.45) is 0 Å². The van der Waals surface area contributed by atoms with Crippen molar-refractivity contribution in [1.29, 1.82) is 0 Å². The molecule has 0 radical (unpaired) electrons. The second-order valence-electron chi connectivity index (χ2n) is 5.44. The molecule has 0 fully saturated rings. The molecule has 2 N–H and O–H groups in total. The van der Waals surface area contributed by atoms with Crippen LogP contribution in [0, 0.1) is 0 Å². The van der Waals surface area contributed by atoms with Crippen molar-refractivity contribution >= 4 is 34.7 Å². The lowest BCUT2D eigenvalue weighted by molar-refractivity contribution is -0.137. The van der Waals surface area contributed by atoms with Crippen molar-refractivity contribution in [1.82, 2.24) is 9.97 Å². The van der Waals surface area contributed by atoms with Gasteiger partial charge in [0.1, 0.15) is 11.6 Å². The standard InChI is InChI=1S/C18H14ClF3N4O/c1-27-13-5-2-11(3-6-13)24-16-8-9-23-17(26-16)25-12-4-7-15(19)14(10-12)18(20,21)22/h2-10H,1H3,(H2,23,24,25,26). The number of halogens is 4. The first-order valence-electron chi connectivity index (χ1n) is 7.73. The first kappa shape index (κ1) is 18.8. The molecular weight excluding hydrogens is 381 g/mol. The van der Waals surface area contributed by atoms with Gasteiger partial charge in [0.05, 0.1) is 17.7 Å². The fourth-order valence-corrected chi connectivity index (χ4v) is 2.48. The smallest absolute Gasteiger partial charge is 0.417 e. The lowest BCUT2D eigenvalue weighted by Crippen LogP contribution is -2.07. The highest BCUT2D eigenvalue weighted by atomic mass is 35.5. The quantitative estimate of drug-likeness (QED) is 0.586. The van der Waals surface area contributed by atoms with Crippen LogP contribution in [-0.2, 0) is 6.18 Å². The van der Waals surface area contributed by atoms with E-state index in [0.717, 1.165) is 11.8 Å². The van der Waals surface area contributed by atoms with Crippen LogP contribution in [0.25, 0.3) is 0 Å². The van der Waals surface area contributed by atoms with Crippen LogP contribution in [0.3, 0.4) is 0 Å². The number of rotatable bonds is 5. The molecule has 5 nitrogen and oxygen atoms in total. The molecule has 0 saturated carbocycles. The molecule has 0 aliphatic rings. The van der Waals surface area contributed by atoms with Crippen LogP contribution < -0.4 is 15.4 Å². The Morgan fingerprint density at radius 1 is 0.963 bits per heavy atom. The summed E-state index contributed by atoms with van der Waals surface area (Å²) in [7, 11) is 1.58. The molecule has 0 amide bonds. The lowest BCUT2D eigenvalue weighted by Gasteiger charge is -2.12. The average Bonchev–Trinajstić information content (AvgIpc) is 2.63. The van der Waals surface area contributed by atoms with E-state index in [0.29, 0.717) is 11.6 Å². The minimum Gasteiger partial charge on any atom is -0.497 e. The molecule has 0 bridgehead atoms. The van der Waals surface area contributed by atoms with Gasteiger partial charge in [-0.1, -0.05) is 11.6 Å². The SMILES string of the molecule is COc1ccc(Nc2ccnc(Nc3ccc(Cl)c(C(F)(F)F)c3)n2)cc1. The van der Waals surface area contributed by atoms with Gasteiger partial charge in [0, 0.05) is 17.6 Å². The predicted molar refractivity (Wildman–Crippen MR) is 98.0 cm³/mol. The van der Waals surface area contributed by atoms with Crippen molar-refractivity contribution < 1.29 is 17.9 Å². The average molecular weight is 395 g/mol. The molecule has 1 heterocycles. The fraction of sp³-hybridized carbons (Fsp3) is 0.111. The van der Waals surface area contributed by atoms with Crippen molar-refractivity contribution in [2.45, 2.75) is 6.18 Å². The summed E-state index contributed by atoms with van der Waals surface area (Å²) in [6.45, 7) is 0. The zero-order valence-corrected chi connectivity index (χ0v) is 14.8. The Hall–Kier alpha value is -3.00. The number of ether oxygens (including phenoxy) is 1. The largest absolute Gasteiger partial charge is 0.497 e. The minimum atomic E-state index is -4.55. The van der Waals surface area contributed by atoms with E-state index >= 15 is 0 Å². The molecule has 0 unspecified atom stereocenters. The summed E-state index contributed by atoms with van der Waals surface area (Å²) in [6.07, 6.45) is -3.06. The molecule has 2 aromatic carbocycles. The molecule has 140 valence electrons. The van der Waals surface area contributed by atoms with Gasteiger partial charge in [-0.05, 0) is 48.5 Å². The van der Waals surface area contributed by atoms with Gasteiger partial charge in [-0.25, -0.2) is 4.98 Å². The van der Waals surface area contributed by atoms with Crippen LogP contribution in [0.4, 0.5) is 36.3 Å². The Morgan fingerprint density at radius 3 is 2.33 bits per heavy atom. The van der Waals surface area contributed by atoms with Crippen molar-refractivity contribution in [3.05, 3.63) is 65.3 Å². The number of benzene rings is 2. The van der Waals surface area contributed by atoms with Crippen LogP contribution in [0.15, 0.2) is 54.7 Å². The van der Waals surface area contributed by atoms with Gasteiger partial charge in [-0.2, -0.15) is 18.2 Å². The Labute approximate surface area is 158 Å². The second-order valence-corrected chi connectivity index (χ2v) is 5.84. The second kappa shape index (κ2) is 7.71. The molecule has 0 saturated heterocycles. The third-order valence-corrected chi connectivity index (χ3v) is 3.88. The van der Waals surface area contributed by atoms with Crippen molar-refractivity contribution in [3.8, 4) is 5.75 Å². The van der Waals surface area contributed by atoms with E-state index in [2.05, 4.69) is 20.6 Å². The highest BCUT2D eigenvalue weighted by Gasteiger charge is 2.33. The van der Waals surface area contributed by atoms with Crippen LogP contribution in [0.5, 0.6) is 5.75 Å². The number of alkyl halides is 3. The lowest BCUT2D eigenvalue weighted by atomic mass is 10.2. The van der Waals surface area contributed by atoms with Crippen LogP contribution in [0.1, 0.15) is 5.56 Å². The maximum Gasteiger partial charge on any atom is 0.417 e. The van der Waals surface area contributed by atoms with Crippen LogP contribution >= 0.6 is 11.6 Å². The Morgan fingerprint density at radius 2 is 1.67 bits per heavy atom. The van der Waals surface area contributed by atoms with E-state index in [-0.39, 0.29) is 16.7 Å². The maximum atomic E-state index is 13.0. The summed E-state index contributed by atoms with van der Waals surface area (Å²) in [4.78, 5) is 8.26. The number of nitrogens with one attached hydrogen (secondary N) is 2. The summed E-state index contributed by atoms with van der Waals surface area (Å²) in [5.74, 6) is 1.33. The van der Waals surface area contributed by atoms with Crippen LogP contribution in [0.2, 0.25) is 5.02 Å². The third-order valence-electron chi connectivity index (χ3n) is 3.55. The number of aromatic nitrogens is 2. The molecule has 0 aliphatic carbocycles. The van der Waals surface area contributed by atoms with E-state index in [4.69, 9.17) is 16.3 Å². The van der Waals surface area contributed by atoms with Gasteiger partial charge < -0.3 is 15.4 Å². The molecular formula is C18H14ClF3N4O. The fourth-order valence-electron chi connectivity index (χ4n) is 2.26. The Kier molecular flexibility index (Phi) is 5.36. The van der Waals surface area contributed by atoms with Gasteiger partial charge >= 0.3 is 6.18 Å². The zero-order chi connectivity index (χ0) is 19.4. The Balaban J connectivity index is 1.77. The first-order chi connectivity index (χ1) is 12.8. The molecule has 3 rings (SSSR count). The van der Waals surface area contributed by atoms with Gasteiger partial charge in [0.25, 0.3) is 0 Å². The van der Waals surface area contributed by atoms with Gasteiger partial charge in [-0.15, -0.1) is 0 Å². The molecule has 27 heavy (non-hydrogen) atoms. The molecule has 3 aromatic rings. The number of nitrogens with zero attached hydrogens (tertiary/aromatic N) is 2. The zero-order valence-electron chi connectivity index (χ0n) is 14.0. The Bertz CT molecular complexity index is 933. The monoisotopic (exact) mass is 394 g/mol. The normalized spacial score (nSPS) is 11.1. The van der Waals surface area contributed by atoms with Gasteiger partial charge in [-0.3, -0.25) is 0 Å². The molecule has 0 atom stereocenters. The molecule has 1 aromatic heterocycles. The number of methoxy groups -OCH3 is 1. The third kappa shape index (κ3) is 4.79. The number of anilines is 4. The summed E-state index contributed by atoms with van der Waals surface area (Å²) >= 11 is 5.62. The van der Waals surface area contributed by atoms with Crippen molar-refractivity contribution in [2.75, 3.05) is 17.7 Å². The van der Waals surface area contributed by atoms with Crippen LogP contribution in [-0.4, -0.2) is 17.1 Å². The first-order valence-corrected chi connectivity index (χ1v) is 8.11. The topological polar surface area (TPSA) is 59.1 Å². The highest BCUT2D eigenvalue weighted by Crippen LogP contribution is 2.36. The van der Waals surface area contributed by atoms with E-state index in [1.807, 2.05) is 12.1 Å². The highest BCUT2D eigenvalue weighted by molar-refractivity contribution is 6.31. The molecule has 0 aliphatic heterocycles. The summed E-state index contributed by atoms with van der Waals surface area (Å²) in [5, 5.41) is 5.45. The number of hydrogen-bond donors (Lipinski definition) is 2. The molecule has 9 heteroatoms. The van der Waals surface area contributed by atoms with E-state index in [1.165, 1.54) is 18.3 Å². The summed E-state index contributed by atoms with van der Waals surface area (Å²) in [5.41, 5.74) is 0.0151. The van der Waals surface area contributed by atoms with Gasteiger partial charge in [0.15, 0.2) is 0 Å². The number of hydrogen-bond acceptors (Lipinski definition) is 5. The minimum absolute atomic E-state index is 0.143. The predicted octanol–water partition coefficient (Wildman–Crippen LogP) is 5.64. The summed E-state index contributed by atoms with van der Waals surface area (Å²) < 4.78 is 44.0. The van der Waals surface area contributed by atoms with E-state index in [1.54, 1.807) is 25.3 Å². The molecule has 0 spiro atoms.